The van der Waals surface area contributed by atoms with Gasteiger partial charge in [-0.05, 0) is 39.6 Å². The fourth-order valence-corrected chi connectivity index (χ4v) is 2.67. The average Bonchev–Trinajstić information content (AvgIpc) is 2.77. The molecule has 0 saturated carbocycles. The van der Waals surface area contributed by atoms with Crippen LogP contribution in [-0.4, -0.2) is 12.7 Å². The van der Waals surface area contributed by atoms with Crippen molar-refractivity contribution >= 4 is 22.9 Å². The van der Waals surface area contributed by atoms with Gasteiger partial charge in [-0.25, -0.2) is 0 Å². The van der Waals surface area contributed by atoms with Crippen LogP contribution in [0.1, 0.15) is 5.56 Å². The number of hydrogen-bond donors (Lipinski definition) is 1. The molecule has 2 aromatic rings. The van der Waals surface area contributed by atoms with Crippen LogP contribution in [0.3, 0.4) is 0 Å². The molecule has 6 heteroatoms. The van der Waals surface area contributed by atoms with Crippen molar-refractivity contribution in [2.24, 2.45) is 0 Å². The standard InChI is InChI=1S/C13H11ClF3NS/c14-11-3-1-9(2-4-11)12-7-19-6-10(12)5-18-8-13(15,16)17/h1-4,6-7,18H,5,8H2. The maximum atomic E-state index is 12.1. The highest BCUT2D eigenvalue weighted by Gasteiger charge is 2.26. The van der Waals surface area contributed by atoms with Gasteiger partial charge in [0.25, 0.3) is 0 Å². The summed E-state index contributed by atoms with van der Waals surface area (Å²) in [4.78, 5) is 0. The second-order valence-electron chi connectivity index (χ2n) is 4.04. The molecule has 1 nitrogen and oxygen atoms in total. The summed E-state index contributed by atoms with van der Waals surface area (Å²) in [7, 11) is 0. The molecule has 0 fully saturated rings. The number of thiophene rings is 1. The predicted molar refractivity (Wildman–Crippen MR) is 72.5 cm³/mol. The van der Waals surface area contributed by atoms with Crippen molar-refractivity contribution in [1.82, 2.24) is 5.32 Å². The number of benzene rings is 1. The van der Waals surface area contributed by atoms with E-state index < -0.39 is 12.7 Å². The predicted octanol–water partition coefficient (Wildman–Crippen LogP) is 4.72. The van der Waals surface area contributed by atoms with Gasteiger partial charge in [0.15, 0.2) is 0 Å². The lowest BCUT2D eigenvalue weighted by molar-refractivity contribution is -0.125. The van der Waals surface area contributed by atoms with Gasteiger partial charge >= 0.3 is 6.18 Å². The smallest absolute Gasteiger partial charge is 0.305 e. The second-order valence-corrected chi connectivity index (χ2v) is 5.22. The topological polar surface area (TPSA) is 12.0 Å². The molecule has 0 aliphatic carbocycles. The van der Waals surface area contributed by atoms with Gasteiger partial charge in [0.1, 0.15) is 0 Å². The summed E-state index contributed by atoms with van der Waals surface area (Å²) in [5, 5.41) is 6.82. The third-order valence-corrected chi connectivity index (χ3v) is 3.58. The van der Waals surface area contributed by atoms with Crippen molar-refractivity contribution in [2.75, 3.05) is 6.54 Å². The van der Waals surface area contributed by atoms with Gasteiger partial charge in [-0.1, -0.05) is 23.7 Å². The summed E-state index contributed by atoms with van der Waals surface area (Å²) in [5.41, 5.74) is 2.75. The zero-order valence-electron chi connectivity index (χ0n) is 9.80. The van der Waals surface area contributed by atoms with Gasteiger partial charge in [-0.15, -0.1) is 0 Å². The van der Waals surface area contributed by atoms with Crippen LogP contribution in [0, 0.1) is 0 Å². The highest BCUT2D eigenvalue weighted by molar-refractivity contribution is 7.08. The summed E-state index contributed by atoms with van der Waals surface area (Å²) < 4.78 is 36.2. The third-order valence-electron chi connectivity index (χ3n) is 2.54. The molecule has 0 unspecified atom stereocenters. The number of rotatable bonds is 4. The van der Waals surface area contributed by atoms with Crippen molar-refractivity contribution in [3.63, 3.8) is 0 Å². The Kier molecular flexibility index (Phi) is 4.50. The summed E-state index contributed by atoms with van der Waals surface area (Å²) in [6.45, 7) is -0.788. The van der Waals surface area contributed by atoms with Crippen molar-refractivity contribution in [3.05, 3.63) is 45.6 Å². The van der Waals surface area contributed by atoms with Crippen molar-refractivity contribution < 1.29 is 13.2 Å². The van der Waals surface area contributed by atoms with E-state index in [1.807, 2.05) is 22.9 Å². The van der Waals surface area contributed by atoms with Gasteiger partial charge in [-0.2, -0.15) is 24.5 Å². The van der Waals surface area contributed by atoms with Crippen LogP contribution in [-0.2, 0) is 6.54 Å². The van der Waals surface area contributed by atoms with E-state index in [2.05, 4.69) is 5.32 Å². The normalized spacial score (nSPS) is 11.8. The van der Waals surface area contributed by atoms with Gasteiger partial charge in [0.2, 0.25) is 0 Å². The molecule has 1 aromatic carbocycles. The molecule has 1 aromatic heterocycles. The second kappa shape index (κ2) is 5.94. The molecule has 102 valence electrons. The summed E-state index contributed by atoms with van der Waals surface area (Å²) in [6.07, 6.45) is -4.18. The van der Waals surface area contributed by atoms with E-state index in [0.717, 1.165) is 16.7 Å². The molecule has 0 atom stereocenters. The Morgan fingerprint density at radius 1 is 1.11 bits per heavy atom. The van der Waals surface area contributed by atoms with Crippen LogP contribution >= 0.6 is 22.9 Å². The van der Waals surface area contributed by atoms with Gasteiger partial charge in [-0.3, -0.25) is 0 Å². The lowest BCUT2D eigenvalue weighted by Crippen LogP contribution is -2.28. The maximum absolute atomic E-state index is 12.1. The first-order valence-electron chi connectivity index (χ1n) is 5.54. The highest BCUT2D eigenvalue weighted by Crippen LogP contribution is 2.28. The molecular weight excluding hydrogens is 295 g/mol. The molecule has 2 rings (SSSR count). The van der Waals surface area contributed by atoms with Gasteiger partial charge in [0, 0.05) is 11.6 Å². The lowest BCUT2D eigenvalue weighted by atomic mass is 10.0. The van der Waals surface area contributed by atoms with Crippen LogP contribution < -0.4 is 5.32 Å². The number of halogens is 4. The lowest BCUT2D eigenvalue weighted by Gasteiger charge is -2.09. The van der Waals surface area contributed by atoms with E-state index in [1.54, 1.807) is 12.1 Å². The molecular formula is C13H11ClF3NS. The Labute approximate surface area is 118 Å². The molecule has 1 N–H and O–H groups in total. The summed E-state index contributed by atoms with van der Waals surface area (Å²) in [5.74, 6) is 0. The van der Waals surface area contributed by atoms with E-state index in [-0.39, 0.29) is 6.54 Å². The van der Waals surface area contributed by atoms with E-state index in [4.69, 9.17) is 11.6 Å². The Bertz CT molecular complexity index is 534. The molecule has 0 radical (unpaired) electrons. The molecule has 0 aliphatic rings. The third kappa shape index (κ3) is 4.23. The van der Waals surface area contributed by atoms with E-state index in [1.165, 1.54) is 11.3 Å². The fourth-order valence-electron chi connectivity index (χ4n) is 1.68. The minimum absolute atomic E-state index is 0.195. The first-order valence-corrected chi connectivity index (χ1v) is 6.86. The first-order chi connectivity index (χ1) is 8.96. The first kappa shape index (κ1) is 14.4. The van der Waals surface area contributed by atoms with E-state index in [0.29, 0.717) is 5.02 Å². The van der Waals surface area contributed by atoms with Crippen molar-refractivity contribution in [3.8, 4) is 11.1 Å². The van der Waals surface area contributed by atoms with Crippen LogP contribution in [0.15, 0.2) is 35.0 Å². The Morgan fingerprint density at radius 2 is 1.79 bits per heavy atom. The Balaban J connectivity index is 2.07. The quantitative estimate of drug-likeness (QED) is 0.862. The number of hydrogen-bond acceptors (Lipinski definition) is 2. The monoisotopic (exact) mass is 305 g/mol. The van der Waals surface area contributed by atoms with Crippen molar-refractivity contribution in [2.45, 2.75) is 12.7 Å². The molecule has 19 heavy (non-hydrogen) atoms. The summed E-state index contributed by atoms with van der Waals surface area (Å²) >= 11 is 7.28. The maximum Gasteiger partial charge on any atom is 0.401 e. The minimum Gasteiger partial charge on any atom is -0.305 e. The Morgan fingerprint density at radius 3 is 2.42 bits per heavy atom. The zero-order chi connectivity index (χ0) is 13.9. The summed E-state index contributed by atoms with van der Waals surface area (Å²) in [6, 6.07) is 7.25. The highest BCUT2D eigenvalue weighted by atomic mass is 35.5. The average molecular weight is 306 g/mol. The van der Waals surface area contributed by atoms with Crippen molar-refractivity contribution in [1.29, 1.82) is 0 Å². The van der Waals surface area contributed by atoms with E-state index in [9.17, 15) is 13.2 Å². The minimum atomic E-state index is -4.18. The molecule has 0 spiro atoms. The number of alkyl halides is 3. The number of nitrogens with one attached hydrogen (secondary N) is 1. The molecule has 0 saturated heterocycles. The SMILES string of the molecule is FC(F)(F)CNCc1cscc1-c1ccc(Cl)cc1. The van der Waals surface area contributed by atoms with Gasteiger partial charge in [0.05, 0.1) is 6.54 Å². The van der Waals surface area contributed by atoms with Crippen LogP contribution in [0.5, 0.6) is 0 Å². The van der Waals surface area contributed by atoms with Crippen LogP contribution in [0.4, 0.5) is 13.2 Å². The largest absolute Gasteiger partial charge is 0.401 e. The molecule has 0 bridgehead atoms. The fraction of sp³-hybridized carbons (Fsp3) is 0.231. The van der Waals surface area contributed by atoms with Gasteiger partial charge < -0.3 is 5.32 Å². The zero-order valence-corrected chi connectivity index (χ0v) is 11.4. The molecule has 0 amide bonds. The Hall–Kier alpha value is -1.04. The van der Waals surface area contributed by atoms with Crippen LogP contribution in [0.2, 0.25) is 5.02 Å². The van der Waals surface area contributed by atoms with E-state index >= 15 is 0 Å². The molecule has 1 heterocycles. The van der Waals surface area contributed by atoms with Crippen LogP contribution in [0.25, 0.3) is 11.1 Å². The molecule has 0 aliphatic heterocycles.